The molecule has 0 radical (unpaired) electrons. The van der Waals surface area contributed by atoms with Gasteiger partial charge in [0.15, 0.2) is 0 Å². The smallest absolute Gasteiger partial charge is 0.243 e. The summed E-state index contributed by atoms with van der Waals surface area (Å²) in [7, 11) is 1.64. The van der Waals surface area contributed by atoms with Crippen LogP contribution in [0, 0.1) is 5.92 Å². The van der Waals surface area contributed by atoms with Crippen molar-refractivity contribution in [2.24, 2.45) is 5.92 Å². The van der Waals surface area contributed by atoms with E-state index in [2.05, 4.69) is 19.2 Å². The van der Waals surface area contributed by atoms with Crippen molar-refractivity contribution in [2.45, 2.75) is 39.5 Å². The van der Waals surface area contributed by atoms with Gasteiger partial charge >= 0.3 is 0 Å². The number of nitrogens with one attached hydrogen (secondary N) is 1. The molecule has 21 heavy (non-hydrogen) atoms. The van der Waals surface area contributed by atoms with Crippen LogP contribution in [0.1, 0.15) is 45.1 Å². The molecule has 0 aliphatic rings. The van der Waals surface area contributed by atoms with E-state index in [9.17, 15) is 4.79 Å². The van der Waals surface area contributed by atoms with Gasteiger partial charge in [-0.15, -0.1) is 0 Å². The van der Waals surface area contributed by atoms with Gasteiger partial charge in [-0.25, -0.2) is 0 Å². The van der Waals surface area contributed by atoms with Crippen LogP contribution in [0.15, 0.2) is 30.3 Å². The maximum atomic E-state index is 11.7. The molecule has 3 heteroatoms. The Morgan fingerprint density at radius 3 is 2.62 bits per heavy atom. The van der Waals surface area contributed by atoms with Crippen molar-refractivity contribution in [3.8, 4) is 5.75 Å². The highest BCUT2D eigenvalue weighted by atomic mass is 16.5. The van der Waals surface area contributed by atoms with Crippen molar-refractivity contribution in [2.75, 3.05) is 13.7 Å². The van der Waals surface area contributed by atoms with Gasteiger partial charge in [0.1, 0.15) is 5.75 Å². The number of hydrogen-bond donors (Lipinski definition) is 1. The summed E-state index contributed by atoms with van der Waals surface area (Å²) in [5, 5.41) is 2.93. The zero-order valence-electron chi connectivity index (χ0n) is 13.4. The summed E-state index contributed by atoms with van der Waals surface area (Å²) in [6, 6.07) is 7.62. The summed E-state index contributed by atoms with van der Waals surface area (Å²) in [6.45, 7) is 5.20. The third kappa shape index (κ3) is 7.54. The molecule has 0 fully saturated rings. The molecule has 0 heterocycles. The Kier molecular flexibility index (Phi) is 8.25. The molecule has 1 rings (SSSR count). The maximum Gasteiger partial charge on any atom is 0.243 e. The lowest BCUT2D eigenvalue weighted by molar-refractivity contribution is -0.116. The summed E-state index contributed by atoms with van der Waals surface area (Å²) in [6.07, 6.45) is 8.19. The summed E-state index contributed by atoms with van der Waals surface area (Å²) in [4.78, 5) is 11.7. The Morgan fingerprint density at radius 1 is 1.29 bits per heavy atom. The molecule has 0 bridgehead atoms. The molecule has 1 atom stereocenters. The number of carbonyl (C=O) groups is 1. The van der Waals surface area contributed by atoms with Gasteiger partial charge in [0.25, 0.3) is 0 Å². The second-order valence-corrected chi connectivity index (χ2v) is 5.43. The molecule has 0 saturated carbocycles. The van der Waals surface area contributed by atoms with Crippen LogP contribution in [0.2, 0.25) is 0 Å². The fourth-order valence-electron chi connectivity index (χ4n) is 2.08. The molecule has 1 amide bonds. The van der Waals surface area contributed by atoms with Gasteiger partial charge in [-0.1, -0.05) is 45.2 Å². The van der Waals surface area contributed by atoms with Crippen LogP contribution < -0.4 is 10.1 Å². The summed E-state index contributed by atoms with van der Waals surface area (Å²) in [5.74, 6) is 1.46. The first-order chi connectivity index (χ1) is 10.2. The predicted octanol–water partition coefficient (Wildman–Crippen LogP) is 4.04. The molecular weight excluding hydrogens is 262 g/mol. The third-order valence-corrected chi connectivity index (χ3v) is 3.53. The SMILES string of the molecule is CCCCC(C)CCNC(=O)C=Cc1ccc(OC)cc1. The standard InChI is InChI=1S/C18H27NO2/c1-4-5-6-15(2)13-14-19-18(20)12-9-16-7-10-17(21-3)11-8-16/h7-12,15H,4-6,13-14H2,1-3H3,(H,19,20). The number of unbranched alkanes of at least 4 members (excludes halogenated alkanes) is 1. The molecule has 0 saturated heterocycles. The molecule has 1 N–H and O–H groups in total. The number of benzene rings is 1. The minimum absolute atomic E-state index is 0.0338. The van der Waals surface area contributed by atoms with Gasteiger partial charge in [0, 0.05) is 12.6 Å². The molecular formula is C18H27NO2. The van der Waals surface area contributed by atoms with Crippen LogP contribution >= 0.6 is 0 Å². The molecule has 1 unspecified atom stereocenters. The van der Waals surface area contributed by atoms with Crippen molar-refractivity contribution < 1.29 is 9.53 Å². The zero-order chi connectivity index (χ0) is 15.5. The first-order valence-corrected chi connectivity index (χ1v) is 7.75. The quantitative estimate of drug-likeness (QED) is 0.697. The summed E-state index contributed by atoms with van der Waals surface area (Å²) >= 11 is 0. The van der Waals surface area contributed by atoms with Gasteiger partial charge in [-0.2, -0.15) is 0 Å². The minimum atomic E-state index is -0.0338. The van der Waals surface area contributed by atoms with E-state index >= 15 is 0 Å². The van der Waals surface area contributed by atoms with E-state index in [4.69, 9.17) is 4.74 Å². The van der Waals surface area contributed by atoms with Crippen molar-refractivity contribution >= 4 is 12.0 Å². The lowest BCUT2D eigenvalue weighted by atomic mass is 10.0. The van der Waals surface area contributed by atoms with Crippen molar-refractivity contribution in [1.82, 2.24) is 5.32 Å². The van der Waals surface area contributed by atoms with Crippen LogP contribution in [0.3, 0.4) is 0 Å². The van der Waals surface area contributed by atoms with Gasteiger partial charge < -0.3 is 10.1 Å². The van der Waals surface area contributed by atoms with Crippen molar-refractivity contribution in [3.63, 3.8) is 0 Å². The number of hydrogen-bond acceptors (Lipinski definition) is 2. The lowest BCUT2D eigenvalue weighted by Gasteiger charge is -2.10. The maximum absolute atomic E-state index is 11.7. The van der Waals surface area contributed by atoms with Gasteiger partial charge in [-0.3, -0.25) is 4.79 Å². The average Bonchev–Trinajstić information content (AvgIpc) is 2.51. The highest BCUT2D eigenvalue weighted by Gasteiger charge is 2.02. The predicted molar refractivity (Wildman–Crippen MR) is 88.3 cm³/mol. The Balaban J connectivity index is 2.27. The molecule has 0 spiro atoms. The number of amides is 1. The van der Waals surface area contributed by atoms with E-state index < -0.39 is 0 Å². The Hall–Kier alpha value is -1.77. The number of ether oxygens (including phenoxy) is 1. The van der Waals surface area contributed by atoms with E-state index in [0.717, 1.165) is 24.3 Å². The molecule has 116 valence electrons. The average molecular weight is 289 g/mol. The van der Waals surface area contributed by atoms with Crippen LogP contribution in [0.25, 0.3) is 6.08 Å². The fraction of sp³-hybridized carbons (Fsp3) is 0.500. The molecule has 0 aromatic heterocycles. The highest BCUT2D eigenvalue weighted by Crippen LogP contribution is 2.12. The Morgan fingerprint density at radius 2 is 2.00 bits per heavy atom. The second-order valence-electron chi connectivity index (χ2n) is 5.43. The van der Waals surface area contributed by atoms with Crippen LogP contribution in [-0.2, 0) is 4.79 Å². The van der Waals surface area contributed by atoms with Crippen molar-refractivity contribution in [3.05, 3.63) is 35.9 Å². The minimum Gasteiger partial charge on any atom is -0.497 e. The van der Waals surface area contributed by atoms with Gasteiger partial charge in [0.05, 0.1) is 7.11 Å². The van der Waals surface area contributed by atoms with E-state index in [1.807, 2.05) is 30.3 Å². The Labute approximate surface area is 128 Å². The van der Waals surface area contributed by atoms with Gasteiger partial charge in [-0.05, 0) is 36.1 Å². The normalized spacial score (nSPS) is 12.3. The lowest BCUT2D eigenvalue weighted by Crippen LogP contribution is -2.23. The van der Waals surface area contributed by atoms with Crippen LogP contribution in [0.4, 0.5) is 0 Å². The fourth-order valence-corrected chi connectivity index (χ4v) is 2.08. The van der Waals surface area contributed by atoms with Crippen LogP contribution in [0.5, 0.6) is 5.75 Å². The largest absolute Gasteiger partial charge is 0.497 e. The van der Waals surface area contributed by atoms with Crippen LogP contribution in [-0.4, -0.2) is 19.6 Å². The number of methoxy groups -OCH3 is 1. The van der Waals surface area contributed by atoms with E-state index in [1.54, 1.807) is 13.2 Å². The first-order valence-electron chi connectivity index (χ1n) is 7.75. The monoisotopic (exact) mass is 289 g/mol. The third-order valence-electron chi connectivity index (χ3n) is 3.53. The van der Waals surface area contributed by atoms with Crippen molar-refractivity contribution in [1.29, 1.82) is 0 Å². The van der Waals surface area contributed by atoms with E-state index in [1.165, 1.54) is 19.3 Å². The Bertz CT molecular complexity index is 437. The zero-order valence-corrected chi connectivity index (χ0v) is 13.4. The second kappa shape index (κ2) is 10.0. The molecule has 0 aliphatic heterocycles. The summed E-state index contributed by atoms with van der Waals surface area (Å²) < 4.78 is 5.09. The number of carbonyl (C=O) groups excluding carboxylic acids is 1. The van der Waals surface area contributed by atoms with E-state index in [-0.39, 0.29) is 5.91 Å². The first kappa shape index (κ1) is 17.3. The summed E-state index contributed by atoms with van der Waals surface area (Å²) in [5.41, 5.74) is 0.988. The topological polar surface area (TPSA) is 38.3 Å². The molecule has 3 nitrogen and oxygen atoms in total. The molecule has 1 aromatic carbocycles. The van der Waals surface area contributed by atoms with Gasteiger partial charge in [0.2, 0.25) is 5.91 Å². The molecule has 1 aromatic rings. The molecule has 0 aliphatic carbocycles. The highest BCUT2D eigenvalue weighted by molar-refractivity contribution is 5.91. The van der Waals surface area contributed by atoms with E-state index in [0.29, 0.717) is 5.92 Å². The number of rotatable bonds is 9.